The molecule has 0 bridgehead atoms. The standard InChI is InChI=1S/C15H23NO3/c1-4-18-14(17)12-13(19-10-16-12)15(9-11(2)3)7-5-6-8-15/h10-11H,4-9H2,1-3H3. The lowest BCUT2D eigenvalue weighted by molar-refractivity contribution is 0.0513. The van der Waals surface area contributed by atoms with Crippen molar-refractivity contribution in [1.82, 2.24) is 4.98 Å². The molecular weight excluding hydrogens is 242 g/mol. The molecule has 0 aliphatic heterocycles. The average Bonchev–Trinajstić information content (AvgIpc) is 2.96. The molecule has 0 unspecified atom stereocenters. The van der Waals surface area contributed by atoms with Gasteiger partial charge in [0, 0.05) is 5.41 Å². The van der Waals surface area contributed by atoms with Crippen LogP contribution in [0.1, 0.15) is 69.1 Å². The van der Waals surface area contributed by atoms with E-state index in [0.717, 1.165) is 25.0 Å². The molecule has 1 heterocycles. The summed E-state index contributed by atoms with van der Waals surface area (Å²) in [5, 5.41) is 0. The predicted octanol–water partition coefficient (Wildman–Crippen LogP) is 3.71. The maximum Gasteiger partial charge on any atom is 0.360 e. The first-order valence-corrected chi connectivity index (χ1v) is 7.20. The Morgan fingerprint density at radius 2 is 2.16 bits per heavy atom. The summed E-state index contributed by atoms with van der Waals surface area (Å²) >= 11 is 0. The van der Waals surface area contributed by atoms with Crippen LogP contribution in [-0.4, -0.2) is 17.6 Å². The number of carbonyl (C=O) groups is 1. The molecule has 106 valence electrons. The summed E-state index contributed by atoms with van der Waals surface area (Å²) in [5.41, 5.74) is 0.358. The van der Waals surface area contributed by atoms with Crippen molar-refractivity contribution in [2.75, 3.05) is 6.61 Å². The summed E-state index contributed by atoms with van der Waals surface area (Å²) in [6, 6.07) is 0. The summed E-state index contributed by atoms with van der Waals surface area (Å²) < 4.78 is 10.7. The molecule has 0 N–H and O–H groups in total. The second kappa shape index (κ2) is 5.76. The number of hydrogen-bond acceptors (Lipinski definition) is 4. The number of aromatic nitrogens is 1. The van der Waals surface area contributed by atoms with E-state index in [4.69, 9.17) is 9.15 Å². The molecule has 1 fully saturated rings. The van der Waals surface area contributed by atoms with Crippen molar-refractivity contribution in [3.05, 3.63) is 17.8 Å². The van der Waals surface area contributed by atoms with E-state index in [1.54, 1.807) is 6.92 Å². The van der Waals surface area contributed by atoms with Gasteiger partial charge in [0.1, 0.15) is 5.76 Å². The van der Waals surface area contributed by atoms with Crippen LogP contribution < -0.4 is 0 Å². The lowest BCUT2D eigenvalue weighted by atomic mass is 9.76. The lowest BCUT2D eigenvalue weighted by Gasteiger charge is -2.28. The van der Waals surface area contributed by atoms with Crippen LogP contribution >= 0.6 is 0 Å². The van der Waals surface area contributed by atoms with Crippen molar-refractivity contribution < 1.29 is 13.9 Å². The number of ether oxygens (including phenoxy) is 1. The van der Waals surface area contributed by atoms with Gasteiger partial charge < -0.3 is 9.15 Å². The number of nitrogens with zero attached hydrogens (tertiary/aromatic N) is 1. The number of rotatable bonds is 5. The Labute approximate surface area is 114 Å². The van der Waals surface area contributed by atoms with Crippen LogP contribution in [0.4, 0.5) is 0 Å². The van der Waals surface area contributed by atoms with Crippen LogP contribution in [0, 0.1) is 5.92 Å². The molecule has 0 amide bonds. The Hall–Kier alpha value is -1.32. The Balaban J connectivity index is 2.32. The summed E-state index contributed by atoms with van der Waals surface area (Å²) in [7, 11) is 0. The SMILES string of the molecule is CCOC(=O)c1ncoc1C1(CC(C)C)CCCC1. The summed E-state index contributed by atoms with van der Waals surface area (Å²) in [4.78, 5) is 16.1. The van der Waals surface area contributed by atoms with Crippen molar-refractivity contribution in [3.63, 3.8) is 0 Å². The predicted molar refractivity (Wildman–Crippen MR) is 72.1 cm³/mol. The summed E-state index contributed by atoms with van der Waals surface area (Å²) in [6.07, 6.45) is 6.95. The van der Waals surface area contributed by atoms with Gasteiger partial charge in [-0.25, -0.2) is 9.78 Å². The molecule has 1 saturated carbocycles. The van der Waals surface area contributed by atoms with E-state index in [0.29, 0.717) is 18.2 Å². The zero-order valence-corrected chi connectivity index (χ0v) is 12.1. The highest BCUT2D eigenvalue weighted by molar-refractivity contribution is 5.88. The number of esters is 1. The van der Waals surface area contributed by atoms with Crippen LogP contribution in [0.25, 0.3) is 0 Å². The second-order valence-electron chi connectivity index (χ2n) is 5.84. The fraction of sp³-hybridized carbons (Fsp3) is 0.733. The van der Waals surface area contributed by atoms with Gasteiger partial charge in [0.2, 0.25) is 0 Å². The minimum atomic E-state index is -0.360. The minimum absolute atomic E-state index is 0.0211. The highest BCUT2D eigenvalue weighted by Gasteiger charge is 2.42. The zero-order chi connectivity index (χ0) is 13.9. The minimum Gasteiger partial charge on any atom is -0.461 e. The lowest BCUT2D eigenvalue weighted by Crippen LogP contribution is -2.26. The van der Waals surface area contributed by atoms with Crippen LogP contribution in [-0.2, 0) is 10.2 Å². The van der Waals surface area contributed by atoms with E-state index in [9.17, 15) is 4.79 Å². The molecular formula is C15H23NO3. The highest BCUT2D eigenvalue weighted by Crippen LogP contribution is 2.46. The third kappa shape index (κ3) is 2.82. The van der Waals surface area contributed by atoms with Crippen molar-refractivity contribution in [2.24, 2.45) is 5.92 Å². The van der Waals surface area contributed by atoms with E-state index in [1.807, 2.05) is 0 Å². The van der Waals surface area contributed by atoms with Crippen molar-refractivity contribution in [2.45, 2.75) is 58.3 Å². The quantitative estimate of drug-likeness (QED) is 0.761. The molecule has 0 atom stereocenters. The molecule has 4 heteroatoms. The van der Waals surface area contributed by atoms with Crippen LogP contribution in [0.5, 0.6) is 0 Å². The molecule has 19 heavy (non-hydrogen) atoms. The van der Waals surface area contributed by atoms with Gasteiger partial charge in [0.25, 0.3) is 0 Å². The monoisotopic (exact) mass is 265 g/mol. The molecule has 0 saturated heterocycles. The van der Waals surface area contributed by atoms with Gasteiger partial charge in [-0.05, 0) is 32.1 Å². The van der Waals surface area contributed by atoms with Crippen LogP contribution in [0.15, 0.2) is 10.8 Å². The topological polar surface area (TPSA) is 52.3 Å². The molecule has 2 rings (SSSR count). The van der Waals surface area contributed by atoms with Crippen molar-refractivity contribution >= 4 is 5.97 Å². The Morgan fingerprint density at radius 1 is 1.47 bits per heavy atom. The van der Waals surface area contributed by atoms with E-state index < -0.39 is 0 Å². The van der Waals surface area contributed by atoms with E-state index in [-0.39, 0.29) is 11.4 Å². The van der Waals surface area contributed by atoms with Gasteiger partial charge in [-0.1, -0.05) is 26.7 Å². The van der Waals surface area contributed by atoms with Gasteiger partial charge >= 0.3 is 5.97 Å². The Bertz CT molecular complexity index is 430. The fourth-order valence-corrected chi connectivity index (χ4v) is 3.32. The maximum atomic E-state index is 12.0. The average molecular weight is 265 g/mol. The first-order chi connectivity index (χ1) is 9.09. The number of carbonyl (C=O) groups excluding carboxylic acids is 1. The zero-order valence-electron chi connectivity index (χ0n) is 12.1. The van der Waals surface area contributed by atoms with Crippen molar-refractivity contribution in [1.29, 1.82) is 0 Å². The fourth-order valence-electron chi connectivity index (χ4n) is 3.32. The maximum absolute atomic E-state index is 12.0. The smallest absolute Gasteiger partial charge is 0.360 e. The van der Waals surface area contributed by atoms with Gasteiger partial charge in [0.05, 0.1) is 6.61 Å². The molecule has 1 aromatic heterocycles. The van der Waals surface area contributed by atoms with E-state index in [1.165, 1.54) is 19.2 Å². The van der Waals surface area contributed by atoms with Crippen molar-refractivity contribution in [3.8, 4) is 0 Å². The summed E-state index contributed by atoms with van der Waals surface area (Å²) in [6.45, 7) is 6.58. The summed E-state index contributed by atoms with van der Waals surface area (Å²) in [5.74, 6) is 0.955. The molecule has 1 aromatic rings. The number of oxazole rings is 1. The molecule has 1 aliphatic carbocycles. The molecule has 4 nitrogen and oxygen atoms in total. The van der Waals surface area contributed by atoms with E-state index >= 15 is 0 Å². The number of hydrogen-bond donors (Lipinski definition) is 0. The Morgan fingerprint density at radius 3 is 2.74 bits per heavy atom. The van der Waals surface area contributed by atoms with Crippen LogP contribution in [0.3, 0.4) is 0 Å². The van der Waals surface area contributed by atoms with Crippen LogP contribution in [0.2, 0.25) is 0 Å². The third-order valence-electron chi connectivity index (χ3n) is 3.88. The normalized spacial score (nSPS) is 17.9. The van der Waals surface area contributed by atoms with Gasteiger partial charge in [-0.2, -0.15) is 0 Å². The first kappa shape index (κ1) is 14.1. The second-order valence-corrected chi connectivity index (χ2v) is 5.84. The van der Waals surface area contributed by atoms with Gasteiger partial charge in [0.15, 0.2) is 12.1 Å². The first-order valence-electron chi connectivity index (χ1n) is 7.20. The van der Waals surface area contributed by atoms with Gasteiger partial charge in [-0.3, -0.25) is 0 Å². The molecule has 0 spiro atoms. The van der Waals surface area contributed by atoms with Gasteiger partial charge in [-0.15, -0.1) is 0 Å². The third-order valence-corrected chi connectivity index (χ3v) is 3.88. The Kier molecular flexibility index (Phi) is 4.27. The molecule has 0 aromatic carbocycles. The van der Waals surface area contributed by atoms with E-state index in [2.05, 4.69) is 18.8 Å². The molecule has 0 radical (unpaired) electrons. The highest BCUT2D eigenvalue weighted by atomic mass is 16.5. The largest absolute Gasteiger partial charge is 0.461 e. The molecule has 1 aliphatic rings.